The third kappa shape index (κ3) is 2.43. The number of nitrogens with two attached hydrogens (primary N) is 1. The van der Waals surface area contributed by atoms with Gasteiger partial charge in [-0.2, -0.15) is 0 Å². The van der Waals surface area contributed by atoms with E-state index < -0.39 is 11.2 Å². The molecule has 5 N–H and O–H groups in total. The van der Waals surface area contributed by atoms with E-state index in [1.54, 1.807) is 0 Å². The van der Waals surface area contributed by atoms with Crippen LogP contribution in [-0.4, -0.2) is 27.8 Å². The molecule has 7 nitrogen and oxygen atoms in total. The second-order valence-electron chi connectivity index (χ2n) is 3.75. The maximum Gasteiger partial charge on any atom is 0.329 e. The molecule has 1 heterocycles. The molecule has 0 bridgehead atoms. The molecule has 0 fully saturated rings. The lowest BCUT2D eigenvalue weighted by molar-refractivity contribution is 0.244. The highest BCUT2D eigenvalue weighted by Gasteiger charge is 2.10. The molecule has 1 atom stereocenters. The molecule has 0 aromatic carbocycles. The summed E-state index contributed by atoms with van der Waals surface area (Å²) in [5.74, 6) is 0.0786. The predicted octanol–water partition coefficient (Wildman–Crippen LogP) is -1.30. The first-order chi connectivity index (χ1) is 7.47. The van der Waals surface area contributed by atoms with E-state index in [4.69, 9.17) is 10.8 Å². The van der Waals surface area contributed by atoms with Crippen LogP contribution in [0.25, 0.3) is 0 Å². The second kappa shape index (κ2) is 4.84. The van der Waals surface area contributed by atoms with E-state index in [1.807, 2.05) is 6.92 Å². The van der Waals surface area contributed by atoms with Crippen LogP contribution in [0.3, 0.4) is 0 Å². The monoisotopic (exact) mass is 228 g/mol. The molecular weight excluding hydrogens is 212 g/mol. The summed E-state index contributed by atoms with van der Waals surface area (Å²) in [6.07, 6.45) is 0. The quantitative estimate of drug-likeness (QED) is 0.511. The molecule has 0 aliphatic heterocycles. The van der Waals surface area contributed by atoms with Gasteiger partial charge in [-0.25, -0.2) is 4.79 Å². The molecule has 0 spiro atoms. The molecule has 0 saturated heterocycles. The Labute approximate surface area is 91.9 Å². The number of nitrogens with one attached hydrogen (secondary N) is 2. The zero-order chi connectivity index (χ0) is 12.3. The fourth-order valence-corrected chi connectivity index (χ4v) is 1.15. The van der Waals surface area contributed by atoms with Crippen molar-refractivity contribution in [2.24, 2.45) is 13.0 Å². The Morgan fingerprint density at radius 2 is 2.19 bits per heavy atom. The highest BCUT2D eigenvalue weighted by Crippen LogP contribution is 2.08. The van der Waals surface area contributed by atoms with Crippen molar-refractivity contribution in [2.75, 3.05) is 24.2 Å². The van der Waals surface area contributed by atoms with E-state index >= 15 is 0 Å². The SMILES string of the molecule is CC(CO)CNc1c(N)n(C)c(=O)[nH]c1=O. The van der Waals surface area contributed by atoms with Crippen LogP contribution in [0.2, 0.25) is 0 Å². The number of nitrogens with zero attached hydrogens (tertiary/aromatic N) is 1. The Bertz CT molecular complexity index is 477. The molecule has 1 rings (SSSR count). The van der Waals surface area contributed by atoms with Gasteiger partial charge in [-0.3, -0.25) is 14.3 Å². The number of aliphatic hydroxyl groups is 1. The van der Waals surface area contributed by atoms with Crippen LogP contribution in [0, 0.1) is 5.92 Å². The number of hydrogen-bond donors (Lipinski definition) is 4. The Kier molecular flexibility index (Phi) is 3.73. The van der Waals surface area contributed by atoms with E-state index in [-0.39, 0.29) is 24.0 Å². The Morgan fingerprint density at radius 3 is 2.75 bits per heavy atom. The first-order valence-corrected chi connectivity index (χ1v) is 4.90. The summed E-state index contributed by atoms with van der Waals surface area (Å²) in [4.78, 5) is 24.7. The number of aromatic nitrogens is 2. The number of nitrogen functional groups attached to an aromatic ring is 1. The van der Waals surface area contributed by atoms with Gasteiger partial charge in [0.25, 0.3) is 5.56 Å². The number of aromatic amines is 1. The van der Waals surface area contributed by atoms with Gasteiger partial charge in [0.1, 0.15) is 11.5 Å². The summed E-state index contributed by atoms with van der Waals surface area (Å²) in [5, 5.41) is 11.6. The number of H-pyrrole nitrogens is 1. The molecule has 0 aliphatic rings. The van der Waals surface area contributed by atoms with Crippen LogP contribution in [0.4, 0.5) is 11.5 Å². The first kappa shape index (κ1) is 12.3. The molecule has 1 aromatic heterocycles. The van der Waals surface area contributed by atoms with Crippen LogP contribution in [-0.2, 0) is 7.05 Å². The van der Waals surface area contributed by atoms with E-state index in [2.05, 4.69) is 10.3 Å². The average molecular weight is 228 g/mol. The molecular formula is C9H16N4O3. The van der Waals surface area contributed by atoms with Gasteiger partial charge in [0.05, 0.1) is 0 Å². The van der Waals surface area contributed by atoms with E-state index in [9.17, 15) is 9.59 Å². The van der Waals surface area contributed by atoms with Crippen LogP contribution < -0.4 is 22.3 Å². The Hall–Kier alpha value is -1.76. The fraction of sp³-hybridized carbons (Fsp3) is 0.556. The normalized spacial score (nSPS) is 12.4. The molecule has 0 amide bonds. The number of rotatable bonds is 4. The van der Waals surface area contributed by atoms with Gasteiger partial charge in [0, 0.05) is 20.2 Å². The third-order valence-corrected chi connectivity index (χ3v) is 2.31. The third-order valence-electron chi connectivity index (χ3n) is 2.31. The van der Waals surface area contributed by atoms with E-state index in [0.29, 0.717) is 6.54 Å². The Balaban J connectivity index is 3.01. The van der Waals surface area contributed by atoms with E-state index in [0.717, 1.165) is 4.57 Å². The van der Waals surface area contributed by atoms with Crippen LogP contribution >= 0.6 is 0 Å². The minimum atomic E-state index is -0.553. The lowest BCUT2D eigenvalue weighted by Crippen LogP contribution is -2.33. The molecule has 1 aromatic rings. The van der Waals surface area contributed by atoms with Gasteiger partial charge in [-0.1, -0.05) is 6.92 Å². The maximum absolute atomic E-state index is 11.4. The lowest BCUT2D eigenvalue weighted by atomic mass is 10.2. The lowest BCUT2D eigenvalue weighted by Gasteiger charge is -2.13. The number of hydrogen-bond acceptors (Lipinski definition) is 5. The van der Waals surface area contributed by atoms with Crippen molar-refractivity contribution in [1.29, 1.82) is 0 Å². The smallest absolute Gasteiger partial charge is 0.329 e. The minimum absolute atomic E-state index is 0.00367. The highest BCUT2D eigenvalue weighted by molar-refractivity contribution is 5.60. The molecule has 0 saturated carbocycles. The van der Waals surface area contributed by atoms with Gasteiger partial charge < -0.3 is 16.2 Å². The number of aliphatic hydroxyl groups excluding tert-OH is 1. The van der Waals surface area contributed by atoms with Crippen LogP contribution in [0.15, 0.2) is 9.59 Å². The van der Waals surface area contributed by atoms with E-state index in [1.165, 1.54) is 7.05 Å². The zero-order valence-corrected chi connectivity index (χ0v) is 9.28. The summed E-state index contributed by atoms with van der Waals surface area (Å²) >= 11 is 0. The van der Waals surface area contributed by atoms with Crippen molar-refractivity contribution < 1.29 is 5.11 Å². The molecule has 7 heteroatoms. The molecule has 1 unspecified atom stereocenters. The molecule has 90 valence electrons. The first-order valence-electron chi connectivity index (χ1n) is 4.90. The summed E-state index contributed by atoms with van der Waals surface area (Å²) in [7, 11) is 1.47. The van der Waals surface area contributed by atoms with Crippen molar-refractivity contribution in [1.82, 2.24) is 9.55 Å². The molecule has 0 aliphatic carbocycles. The van der Waals surface area contributed by atoms with Crippen molar-refractivity contribution in [3.05, 3.63) is 20.8 Å². The largest absolute Gasteiger partial charge is 0.396 e. The van der Waals surface area contributed by atoms with Gasteiger partial charge >= 0.3 is 5.69 Å². The van der Waals surface area contributed by atoms with Crippen LogP contribution in [0.5, 0.6) is 0 Å². The fourth-order valence-electron chi connectivity index (χ4n) is 1.15. The van der Waals surface area contributed by atoms with Crippen molar-refractivity contribution in [2.45, 2.75) is 6.92 Å². The average Bonchev–Trinajstić information content (AvgIpc) is 2.25. The van der Waals surface area contributed by atoms with Gasteiger partial charge in [0.2, 0.25) is 0 Å². The van der Waals surface area contributed by atoms with Crippen molar-refractivity contribution in [3.63, 3.8) is 0 Å². The second-order valence-corrected chi connectivity index (χ2v) is 3.75. The minimum Gasteiger partial charge on any atom is -0.396 e. The topological polar surface area (TPSA) is 113 Å². The van der Waals surface area contributed by atoms with Gasteiger partial charge in [0.15, 0.2) is 0 Å². The maximum atomic E-state index is 11.4. The van der Waals surface area contributed by atoms with Crippen molar-refractivity contribution in [3.8, 4) is 0 Å². The zero-order valence-electron chi connectivity index (χ0n) is 9.28. The predicted molar refractivity (Wildman–Crippen MR) is 61.5 cm³/mol. The summed E-state index contributed by atoms with van der Waals surface area (Å²) in [5.41, 5.74) is 4.68. The standard InChI is InChI=1S/C9H16N4O3/c1-5(4-14)3-11-6-7(10)13(2)9(16)12-8(6)15/h5,11,14H,3-4,10H2,1-2H3,(H,12,15,16). The number of anilines is 2. The van der Waals surface area contributed by atoms with Gasteiger partial charge in [-0.05, 0) is 5.92 Å². The molecule has 16 heavy (non-hydrogen) atoms. The summed E-state index contributed by atoms with van der Waals surface area (Å²) in [6, 6.07) is 0. The van der Waals surface area contributed by atoms with Gasteiger partial charge in [-0.15, -0.1) is 0 Å². The summed E-state index contributed by atoms with van der Waals surface area (Å²) < 4.78 is 1.15. The summed E-state index contributed by atoms with van der Waals surface area (Å²) in [6.45, 7) is 2.23. The highest BCUT2D eigenvalue weighted by atomic mass is 16.3. The molecule has 0 radical (unpaired) electrons. The Morgan fingerprint density at radius 1 is 1.56 bits per heavy atom. The van der Waals surface area contributed by atoms with Crippen LogP contribution in [0.1, 0.15) is 6.92 Å². The van der Waals surface area contributed by atoms with Crippen molar-refractivity contribution >= 4 is 11.5 Å².